The van der Waals surface area contributed by atoms with Crippen molar-refractivity contribution in [3.63, 3.8) is 0 Å². The van der Waals surface area contributed by atoms with E-state index in [2.05, 4.69) is 0 Å². The minimum absolute atomic E-state index is 0.0397. The van der Waals surface area contributed by atoms with E-state index in [4.69, 9.17) is 11.6 Å². The number of fused-ring (bicyclic) bond motifs is 1. The van der Waals surface area contributed by atoms with E-state index < -0.39 is 0 Å². The maximum atomic E-state index is 12.2. The summed E-state index contributed by atoms with van der Waals surface area (Å²) in [5.41, 5.74) is 2.15. The third kappa shape index (κ3) is 1.54. The van der Waals surface area contributed by atoms with Gasteiger partial charge in [0.25, 0.3) is 0 Å². The lowest BCUT2D eigenvalue weighted by Gasteiger charge is -2.02. The summed E-state index contributed by atoms with van der Waals surface area (Å²) in [5.74, 6) is -0.108. The zero-order valence-corrected chi connectivity index (χ0v) is 10.1. The number of hydrogen-bond acceptors (Lipinski definition) is 2. The van der Waals surface area contributed by atoms with E-state index in [1.165, 1.54) is 0 Å². The molecular weight excluding hydrogens is 248 g/mol. The second-order valence-corrected chi connectivity index (χ2v) is 4.54. The normalized spacial score (nSPS) is 13.9. The van der Waals surface area contributed by atoms with Crippen molar-refractivity contribution < 1.29 is 9.90 Å². The van der Waals surface area contributed by atoms with E-state index in [-0.39, 0.29) is 11.5 Å². The molecule has 2 aromatic carbocycles. The van der Waals surface area contributed by atoms with Crippen molar-refractivity contribution in [2.24, 2.45) is 0 Å². The van der Waals surface area contributed by atoms with E-state index >= 15 is 0 Å². The van der Waals surface area contributed by atoms with Gasteiger partial charge in [-0.1, -0.05) is 48.0 Å². The van der Waals surface area contributed by atoms with Crippen LogP contribution in [0.4, 0.5) is 0 Å². The molecule has 0 aliphatic heterocycles. The van der Waals surface area contributed by atoms with Crippen LogP contribution in [0.25, 0.3) is 11.3 Å². The first-order valence-electron chi connectivity index (χ1n) is 5.52. The second kappa shape index (κ2) is 4.00. The average molecular weight is 257 g/mol. The Morgan fingerprint density at radius 1 is 0.889 bits per heavy atom. The predicted octanol–water partition coefficient (Wildman–Crippen LogP) is 3.96. The summed E-state index contributed by atoms with van der Waals surface area (Å²) >= 11 is 5.82. The third-order valence-electron chi connectivity index (χ3n) is 3.02. The molecule has 0 aromatic heterocycles. The number of aliphatic hydroxyl groups is 1. The first-order chi connectivity index (χ1) is 8.68. The van der Waals surface area contributed by atoms with Gasteiger partial charge in [0.2, 0.25) is 0 Å². The fourth-order valence-corrected chi connectivity index (χ4v) is 2.27. The van der Waals surface area contributed by atoms with E-state index in [0.29, 0.717) is 27.3 Å². The molecule has 0 amide bonds. The number of hydrogen-bond donors (Lipinski definition) is 1. The molecule has 18 heavy (non-hydrogen) atoms. The Bertz CT molecular complexity index is 669. The number of aliphatic hydroxyl groups excluding tert-OH is 1. The average Bonchev–Trinajstić information content (AvgIpc) is 2.64. The van der Waals surface area contributed by atoms with E-state index in [1.807, 2.05) is 0 Å². The highest BCUT2D eigenvalue weighted by Gasteiger charge is 2.29. The van der Waals surface area contributed by atoms with Crippen LogP contribution in [0.2, 0.25) is 5.02 Å². The third-order valence-corrected chi connectivity index (χ3v) is 3.28. The summed E-state index contributed by atoms with van der Waals surface area (Å²) in [5, 5.41) is 10.8. The van der Waals surface area contributed by atoms with Crippen molar-refractivity contribution in [2.75, 3.05) is 0 Å². The van der Waals surface area contributed by atoms with Crippen molar-refractivity contribution >= 4 is 28.7 Å². The number of benzene rings is 2. The molecule has 3 heteroatoms. The van der Waals surface area contributed by atoms with Gasteiger partial charge in [0.1, 0.15) is 5.76 Å². The quantitative estimate of drug-likeness (QED) is 0.838. The predicted molar refractivity (Wildman–Crippen MR) is 71.7 cm³/mol. The van der Waals surface area contributed by atoms with E-state index in [1.54, 1.807) is 48.5 Å². The zero-order valence-electron chi connectivity index (χ0n) is 9.35. The van der Waals surface area contributed by atoms with Crippen molar-refractivity contribution in [1.82, 2.24) is 0 Å². The molecule has 0 saturated carbocycles. The molecule has 88 valence electrons. The largest absolute Gasteiger partial charge is 0.507 e. The molecule has 0 spiro atoms. The van der Waals surface area contributed by atoms with Gasteiger partial charge in [-0.25, -0.2) is 0 Å². The van der Waals surface area contributed by atoms with Crippen LogP contribution in [0.1, 0.15) is 21.5 Å². The van der Waals surface area contributed by atoms with Gasteiger partial charge < -0.3 is 5.11 Å². The molecule has 1 aliphatic carbocycles. The summed E-state index contributed by atoms with van der Waals surface area (Å²) in [6.07, 6.45) is 0. The number of ketones is 1. The number of carbonyl (C=O) groups excluding carboxylic acids is 1. The van der Waals surface area contributed by atoms with Crippen molar-refractivity contribution in [3.05, 3.63) is 70.2 Å². The highest BCUT2D eigenvalue weighted by atomic mass is 35.5. The maximum absolute atomic E-state index is 12.2. The lowest BCUT2D eigenvalue weighted by atomic mass is 10.0. The highest BCUT2D eigenvalue weighted by molar-refractivity contribution is 6.39. The minimum Gasteiger partial charge on any atom is -0.507 e. The summed E-state index contributed by atoms with van der Waals surface area (Å²) in [6, 6.07) is 13.9. The van der Waals surface area contributed by atoms with Gasteiger partial charge in [-0.15, -0.1) is 0 Å². The SMILES string of the molecule is O=C1C(c2ccc(Cl)cc2)=C(O)c2ccccc21. The Balaban J connectivity index is 2.18. The van der Waals surface area contributed by atoms with Crippen LogP contribution in [0.5, 0.6) is 0 Å². The van der Waals surface area contributed by atoms with E-state index in [9.17, 15) is 9.90 Å². The van der Waals surface area contributed by atoms with Crippen LogP contribution in [-0.2, 0) is 0 Å². The highest BCUT2D eigenvalue weighted by Crippen LogP contribution is 2.36. The Kier molecular flexibility index (Phi) is 2.46. The number of carbonyl (C=O) groups is 1. The van der Waals surface area contributed by atoms with Crippen molar-refractivity contribution in [2.45, 2.75) is 0 Å². The lowest BCUT2D eigenvalue weighted by Crippen LogP contribution is -1.97. The van der Waals surface area contributed by atoms with Gasteiger partial charge in [0.05, 0.1) is 5.57 Å². The summed E-state index contributed by atoms with van der Waals surface area (Å²) in [4.78, 5) is 12.2. The second-order valence-electron chi connectivity index (χ2n) is 4.11. The van der Waals surface area contributed by atoms with Crippen LogP contribution >= 0.6 is 11.6 Å². The molecule has 1 N–H and O–H groups in total. The first-order valence-corrected chi connectivity index (χ1v) is 5.89. The van der Waals surface area contributed by atoms with Crippen LogP contribution in [-0.4, -0.2) is 10.9 Å². The minimum atomic E-state index is -0.148. The van der Waals surface area contributed by atoms with Gasteiger partial charge in [0.15, 0.2) is 5.78 Å². The molecule has 0 heterocycles. The Morgan fingerprint density at radius 2 is 1.50 bits per heavy atom. The summed E-state index contributed by atoms with van der Waals surface area (Å²) in [6.45, 7) is 0. The van der Waals surface area contributed by atoms with Crippen LogP contribution in [0, 0.1) is 0 Å². The zero-order chi connectivity index (χ0) is 12.7. The number of allylic oxidation sites excluding steroid dienone is 1. The molecule has 2 aromatic rings. The first kappa shape index (κ1) is 11.1. The monoisotopic (exact) mass is 256 g/mol. The Hall–Kier alpha value is -2.06. The molecular formula is C15H9ClO2. The molecule has 1 aliphatic rings. The smallest absolute Gasteiger partial charge is 0.198 e. The topological polar surface area (TPSA) is 37.3 Å². The van der Waals surface area contributed by atoms with Crippen molar-refractivity contribution in [1.29, 1.82) is 0 Å². The van der Waals surface area contributed by atoms with Gasteiger partial charge in [0, 0.05) is 16.1 Å². The standard InChI is InChI=1S/C15H9ClO2/c16-10-7-5-9(6-8-10)13-14(17)11-3-1-2-4-12(11)15(13)18/h1-8,17H. The molecule has 0 fully saturated rings. The molecule has 0 atom stereocenters. The van der Waals surface area contributed by atoms with E-state index in [0.717, 1.165) is 0 Å². The van der Waals surface area contributed by atoms with Crippen molar-refractivity contribution in [3.8, 4) is 0 Å². The molecule has 0 radical (unpaired) electrons. The van der Waals surface area contributed by atoms with Crippen LogP contribution in [0.3, 0.4) is 0 Å². The fourth-order valence-electron chi connectivity index (χ4n) is 2.15. The molecule has 0 bridgehead atoms. The lowest BCUT2D eigenvalue weighted by molar-refractivity contribution is 0.105. The van der Waals surface area contributed by atoms with Gasteiger partial charge in [-0.05, 0) is 17.7 Å². The van der Waals surface area contributed by atoms with Crippen LogP contribution in [0.15, 0.2) is 48.5 Å². The number of rotatable bonds is 1. The Morgan fingerprint density at radius 3 is 2.11 bits per heavy atom. The van der Waals surface area contributed by atoms with Gasteiger partial charge >= 0.3 is 0 Å². The molecule has 2 nitrogen and oxygen atoms in total. The Labute approximate surface area is 109 Å². The molecule has 0 unspecified atom stereocenters. The molecule has 3 rings (SSSR count). The number of halogens is 1. The fraction of sp³-hybridized carbons (Fsp3) is 0. The van der Waals surface area contributed by atoms with Gasteiger partial charge in [-0.3, -0.25) is 4.79 Å². The summed E-state index contributed by atoms with van der Waals surface area (Å²) in [7, 11) is 0. The van der Waals surface area contributed by atoms with Crippen LogP contribution < -0.4 is 0 Å². The molecule has 0 saturated heterocycles. The number of Topliss-reactive ketones (excluding diaryl/α,β-unsaturated/α-hetero) is 1. The van der Waals surface area contributed by atoms with Gasteiger partial charge in [-0.2, -0.15) is 0 Å². The summed E-state index contributed by atoms with van der Waals surface area (Å²) < 4.78 is 0. The maximum Gasteiger partial charge on any atom is 0.198 e.